The van der Waals surface area contributed by atoms with Gasteiger partial charge in [-0.25, -0.2) is 0 Å². The molecule has 0 unspecified atom stereocenters. The van der Waals surface area contributed by atoms with Gasteiger partial charge in [-0.05, 0) is 64.4 Å². The van der Waals surface area contributed by atoms with Crippen LogP contribution in [0.3, 0.4) is 0 Å². The van der Waals surface area contributed by atoms with E-state index in [9.17, 15) is 20.2 Å². The van der Waals surface area contributed by atoms with Crippen LogP contribution in [0.25, 0.3) is 0 Å². The summed E-state index contributed by atoms with van der Waals surface area (Å²) in [6.07, 6.45) is 0.728. The second-order valence-electron chi connectivity index (χ2n) is 8.81. The molecule has 0 spiro atoms. The minimum Gasteiger partial charge on any atom is -0.437 e. The molecule has 158 valence electrons. The maximum absolute atomic E-state index is 11.2. The molecule has 0 aliphatic rings. The van der Waals surface area contributed by atoms with Crippen LogP contribution in [0, 0.1) is 20.2 Å². The maximum atomic E-state index is 11.2. The summed E-state index contributed by atoms with van der Waals surface area (Å²) < 4.78 is 12.9. The maximum Gasteiger partial charge on any atom is 0.314 e. The molecule has 0 bridgehead atoms. The molecular weight excluding hydrogens is 414 g/mol. The average Bonchev–Trinajstić information content (AvgIpc) is 2.47. The highest BCUT2D eigenvalue weighted by molar-refractivity contribution is 6.87. The normalized spacial score (nSPS) is 12.7. The summed E-state index contributed by atoms with van der Waals surface area (Å²) in [5, 5.41) is 25.1. The zero-order valence-electron chi connectivity index (χ0n) is 17.7. The van der Waals surface area contributed by atoms with Crippen LogP contribution in [0.1, 0.15) is 6.42 Å². The Morgan fingerprint density at radius 1 is 0.929 bits per heavy atom. The topological polar surface area (TPSA) is 117 Å². The fourth-order valence-corrected chi connectivity index (χ4v) is 15.5. The van der Waals surface area contributed by atoms with E-state index in [4.69, 9.17) is 8.23 Å². The number of nitro benzene ring substituents is 2. The standard InChI is InChI=1S/C16H31N3O6Si3/c1-26(2,3)24-28(7,25-27(4,5)6)12-8-11-17-15-10-9-14(18(20)21)13-16(15)19(22)23/h9-10,13,17H,8,11-12H2,1-7H3. The lowest BCUT2D eigenvalue weighted by atomic mass is 10.2. The zero-order valence-corrected chi connectivity index (χ0v) is 20.7. The Morgan fingerprint density at radius 3 is 1.89 bits per heavy atom. The molecule has 0 radical (unpaired) electrons. The molecule has 0 aliphatic carbocycles. The van der Waals surface area contributed by atoms with E-state index in [-0.39, 0.29) is 17.1 Å². The van der Waals surface area contributed by atoms with Crippen LogP contribution in [0.2, 0.25) is 51.9 Å². The molecule has 1 aromatic carbocycles. The van der Waals surface area contributed by atoms with Gasteiger partial charge in [0.25, 0.3) is 11.4 Å². The van der Waals surface area contributed by atoms with Crippen molar-refractivity contribution in [3.63, 3.8) is 0 Å². The average molecular weight is 446 g/mol. The lowest BCUT2D eigenvalue weighted by Gasteiger charge is -2.38. The first kappa shape index (κ1) is 24.4. The number of nitrogens with zero attached hydrogens (tertiary/aromatic N) is 2. The number of rotatable bonds is 11. The molecule has 0 saturated heterocycles. The van der Waals surface area contributed by atoms with E-state index < -0.39 is 35.0 Å². The van der Waals surface area contributed by atoms with Crippen LogP contribution in [-0.2, 0) is 8.23 Å². The molecule has 12 heteroatoms. The van der Waals surface area contributed by atoms with Gasteiger partial charge < -0.3 is 13.5 Å². The highest BCUT2D eigenvalue weighted by atomic mass is 28.5. The van der Waals surface area contributed by atoms with E-state index in [1.165, 1.54) is 12.1 Å². The number of hydrogen-bond donors (Lipinski definition) is 1. The summed E-state index contributed by atoms with van der Waals surface area (Å²) in [5.41, 5.74) is -0.327. The molecule has 0 fully saturated rings. The third kappa shape index (κ3) is 8.60. The molecule has 28 heavy (non-hydrogen) atoms. The first-order chi connectivity index (χ1) is 12.6. The highest BCUT2D eigenvalue weighted by Gasteiger charge is 2.39. The van der Waals surface area contributed by atoms with Gasteiger partial charge in [0.2, 0.25) is 0 Å². The Hall–Kier alpha value is -1.61. The Balaban J connectivity index is 2.80. The van der Waals surface area contributed by atoms with Crippen molar-refractivity contribution in [1.29, 1.82) is 0 Å². The first-order valence-corrected chi connectivity index (χ1v) is 18.5. The van der Waals surface area contributed by atoms with Crippen LogP contribution in [0.5, 0.6) is 0 Å². The molecule has 1 aromatic rings. The summed E-state index contributed by atoms with van der Waals surface area (Å²) >= 11 is 0. The Morgan fingerprint density at radius 2 is 1.46 bits per heavy atom. The van der Waals surface area contributed by atoms with Gasteiger partial charge in [-0.2, -0.15) is 0 Å². The second-order valence-corrected chi connectivity index (χ2v) is 21.7. The van der Waals surface area contributed by atoms with Crippen molar-refractivity contribution in [1.82, 2.24) is 0 Å². The Labute approximate surface area is 169 Å². The van der Waals surface area contributed by atoms with Gasteiger partial charge in [0, 0.05) is 12.6 Å². The number of non-ortho nitro benzene ring substituents is 1. The van der Waals surface area contributed by atoms with Crippen LogP contribution in [0.15, 0.2) is 18.2 Å². The van der Waals surface area contributed by atoms with E-state index in [0.717, 1.165) is 18.5 Å². The first-order valence-electron chi connectivity index (χ1n) is 9.19. The summed E-state index contributed by atoms with van der Waals surface area (Å²) in [5.74, 6) is 0. The Kier molecular flexibility index (Phi) is 8.08. The quantitative estimate of drug-likeness (QED) is 0.218. The summed E-state index contributed by atoms with van der Waals surface area (Å²) in [4.78, 5) is 20.8. The largest absolute Gasteiger partial charge is 0.437 e. The summed E-state index contributed by atoms with van der Waals surface area (Å²) in [6, 6.07) is 4.39. The number of nitrogens with one attached hydrogen (secondary N) is 1. The van der Waals surface area contributed by atoms with Crippen LogP contribution in [-0.4, -0.2) is 41.6 Å². The van der Waals surface area contributed by atoms with Crippen molar-refractivity contribution < 1.29 is 18.1 Å². The number of nitro groups is 2. The van der Waals surface area contributed by atoms with E-state index in [1.54, 1.807) is 0 Å². The van der Waals surface area contributed by atoms with E-state index >= 15 is 0 Å². The van der Waals surface area contributed by atoms with Crippen LogP contribution < -0.4 is 5.32 Å². The molecule has 9 nitrogen and oxygen atoms in total. The van der Waals surface area contributed by atoms with Crippen molar-refractivity contribution in [2.45, 2.75) is 58.3 Å². The number of anilines is 1. The van der Waals surface area contributed by atoms with E-state index in [1.807, 2.05) is 0 Å². The minimum absolute atomic E-state index is 0.274. The predicted molar refractivity (Wildman–Crippen MR) is 118 cm³/mol. The van der Waals surface area contributed by atoms with Gasteiger partial charge in [0.1, 0.15) is 5.69 Å². The zero-order chi connectivity index (χ0) is 21.8. The molecule has 0 aromatic heterocycles. The number of hydrogen-bond acceptors (Lipinski definition) is 7. The van der Waals surface area contributed by atoms with Crippen LogP contribution in [0.4, 0.5) is 17.1 Å². The van der Waals surface area contributed by atoms with Gasteiger partial charge in [0.15, 0.2) is 16.6 Å². The lowest BCUT2D eigenvalue weighted by Crippen LogP contribution is -2.52. The van der Waals surface area contributed by atoms with Crippen molar-refractivity contribution in [3.05, 3.63) is 38.4 Å². The van der Waals surface area contributed by atoms with E-state index in [0.29, 0.717) is 6.54 Å². The van der Waals surface area contributed by atoms with Crippen molar-refractivity contribution in [3.8, 4) is 0 Å². The molecule has 1 N–H and O–H groups in total. The molecule has 0 saturated carbocycles. The van der Waals surface area contributed by atoms with Crippen molar-refractivity contribution >= 4 is 42.3 Å². The summed E-state index contributed by atoms with van der Waals surface area (Å²) in [7, 11) is -5.90. The number of benzene rings is 1. The molecule has 0 atom stereocenters. The SMILES string of the molecule is C[Si](C)(C)O[Si](C)(CCCNc1ccc([N+](=O)[O-])cc1[N+](=O)[O-])O[Si](C)(C)C. The minimum atomic E-state index is -2.36. The van der Waals surface area contributed by atoms with Gasteiger partial charge in [0.05, 0.1) is 15.9 Å². The fraction of sp³-hybridized carbons (Fsp3) is 0.625. The smallest absolute Gasteiger partial charge is 0.314 e. The molecular formula is C16H31N3O6Si3. The van der Waals surface area contributed by atoms with Gasteiger partial charge in [-0.15, -0.1) is 0 Å². The lowest BCUT2D eigenvalue weighted by molar-refractivity contribution is -0.393. The fourth-order valence-electron chi connectivity index (χ4n) is 2.98. The molecule has 0 aliphatic heterocycles. The predicted octanol–water partition coefficient (Wildman–Crippen LogP) is 5.08. The third-order valence-corrected chi connectivity index (χ3v) is 13.2. The van der Waals surface area contributed by atoms with Gasteiger partial charge in [-0.3, -0.25) is 20.2 Å². The second kappa shape index (κ2) is 9.26. The Bertz CT molecular complexity index is 703. The van der Waals surface area contributed by atoms with Crippen molar-refractivity contribution in [2.24, 2.45) is 0 Å². The summed E-state index contributed by atoms with van der Waals surface area (Å²) in [6.45, 7) is 15.4. The van der Waals surface area contributed by atoms with Gasteiger partial charge in [-0.1, -0.05) is 0 Å². The van der Waals surface area contributed by atoms with E-state index in [2.05, 4.69) is 51.1 Å². The molecule has 1 rings (SSSR count). The highest BCUT2D eigenvalue weighted by Crippen LogP contribution is 2.30. The molecule has 0 heterocycles. The van der Waals surface area contributed by atoms with Crippen molar-refractivity contribution in [2.75, 3.05) is 11.9 Å². The van der Waals surface area contributed by atoms with Gasteiger partial charge >= 0.3 is 8.56 Å². The monoisotopic (exact) mass is 445 g/mol. The molecule has 0 amide bonds. The van der Waals surface area contributed by atoms with Crippen LogP contribution >= 0.6 is 0 Å². The third-order valence-electron chi connectivity index (χ3n) is 3.56.